The zero-order valence-electron chi connectivity index (χ0n) is 16.6. The topological polar surface area (TPSA) is 131 Å². The fraction of sp³-hybridized carbons (Fsp3) is 0.190. The number of ketones is 1. The van der Waals surface area contributed by atoms with Gasteiger partial charge in [0.05, 0.1) is 17.0 Å². The number of ether oxygens (including phenoxy) is 1. The largest absolute Gasteiger partial charge is 0.456 e. The number of hydrazine groups is 1. The Labute approximate surface area is 183 Å². The fourth-order valence-electron chi connectivity index (χ4n) is 2.35. The highest BCUT2D eigenvalue weighted by Crippen LogP contribution is 2.14. The number of carbonyl (C=O) groups excluding carboxylic acids is 5. The molecule has 10 heteroatoms. The van der Waals surface area contributed by atoms with Crippen LogP contribution in [0.5, 0.6) is 0 Å². The fourth-order valence-corrected chi connectivity index (χ4v) is 2.57. The Morgan fingerprint density at radius 1 is 0.903 bits per heavy atom. The number of anilines is 1. The van der Waals surface area contributed by atoms with E-state index in [0.29, 0.717) is 11.3 Å². The highest BCUT2D eigenvalue weighted by Gasteiger charge is 2.13. The maximum Gasteiger partial charge on any atom is 0.306 e. The lowest BCUT2D eigenvalue weighted by molar-refractivity contribution is -0.148. The van der Waals surface area contributed by atoms with Crippen molar-refractivity contribution < 1.29 is 28.7 Å². The van der Waals surface area contributed by atoms with Crippen molar-refractivity contribution in [2.45, 2.75) is 19.8 Å². The van der Waals surface area contributed by atoms with Crippen LogP contribution >= 0.6 is 11.6 Å². The van der Waals surface area contributed by atoms with Crippen LogP contribution in [-0.2, 0) is 19.1 Å². The molecule has 162 valence electrons. The summed E-state index contributed by atoms with van der Waals surface area (Å²) < 4.78 is 4.81. The minimum atomic E-state index is -0.764. The molecule has 0 saturated carbocycles. The van der Waals surface area contributed by atoms with Crippen LogP contribution in [0.2, 0.25) is 5.02 Å². The minimum absolute atomic E-state index is 0.149. The zero-order valence-corrected chi connectivity index (χ0v) is 17.3. The van der Waals surface area contributed by atoms with Crippen molar-refractivity contribution in [2.75, 3.05) is 11.9 Å². The standard InChI is InChI=1S/C21H20ClN3O6/c1-13(26)14-5-4-6-15(11-14)23-19(28)12-31-20(29)10-9-18(27)24-25-21(30)16-7-2-3-8-17(16)22/h2-8,11H,9-10,12H2,1H3,(H,23,28)(H,24,27)(H,25,30). The Balaban J connectivity index is 1.68. The van der Waals surface area contributed by atoms with E-state index in [0.717, 1.165) is 0 Å². The highest BCUT2D eigenvalue weighted by atomic mass is 35.5. The summed E-state index contributed by atoms with van der Waals surface area (Å²) in [4.78, 5) is 58.6. The van der Waals surface area contributed by atoms with Crippen LogP contribution in [0.15, 0.2) is 48.5 Å². The number of nitrogens with one attached hydrogen (secondary N) is 3. The van der Waals surface area contributed by atoms with Crippen molar-refractivity contribution in [1.29, 1.82) is 0 Å². The molecule has 0 fully saturated rings. The lowest BCUT2D eigenvalue weighted by atomic mass is 10.1. The average molecular weight is 446 g/mol. The van der Waals surface area contributed by atoms with Gasteiger partial charge in [-0.3, -0.25) is 34.8 Å². The monoisotopic (exact) mass is 445 g/mol. The van der Waals surface area contributed by atoms with Gasteiger partial charge in [0, 0.05) is 17.7 Å². The number of amides is 3. The summed E-state index contributed by atoms with van der Waals surface area (Å²) in [7, 11) is 0. The Bertz CT molecular complexity index is 1010. The molecule has 0 aliphatic heterocycles. The van der Waals surface area contributed by atoms with Crippen LogP contribution in [0.3, 0.4) is 0 Å². The van der Waals surface area contributed by atoms with Crippen molar-refractivity contribution in [2.24, 2.45) is 0 Å². The first kappa shape index (κ1) is 23.6. The van der Waals surface area contributed by atoms with E-state index in [2.05, 4.69) is 16.2 Å². The molecule has 0 bridgehead atoms. The molecular formula is C21H20ClN3O6. The molecule has 0 aliphatic rings. The van der Waals surface area contributed by atoms with Gasteiger partial charge in [-0.2, -0.15) is 0 Å². The molecule has 0 aliphatic carbocycles. The number of halogens is 1. The van der Waals surface area contributed by atoms with Crippen LogP contribution < -0.4 is 16.2 Å². The van der Waals surface area contributed by atoms with Gasteiger partial charge in [-0.15, -0.1) is 0 Å². The van der Waals surface area contributed by atoms with E-state index in [1.54, 1.807) is 30.3 Å². The van der Waals surface area contributed by atoms with Crippen molar-refractivity contribution in [3.05, 3.63) is 64.7 Å². The summed E-state index contributed by atoms with van der Waals surface area (Å²) >= 11 is 5.89. The second kappa shape index (κ2) is 11.5. The predicted octanol–water partition coefficient (Wildman–Crippen LogP) is 2.27. The van der Waals surface area contributed by atoms with Gasteiger partial charge in [-0.05, 0) is 31.2 Å². The van der Waals surface area contributed by atoms with Crippen LogP contribution in [0.25, 0.3) is 0 Å². The van der Waals surface area contributed by atoms with E-state index < -0.39 is 30.3 Å². The molecule has 0 saturated heterocycles. The SMILES string of the molecule is CC(=O)c1cccc(NC(=O)COC(=O)CCC(=O)NNC(=O)c2ccccc2Cl)c1. The quantitative estimate of drug-likeness (QED) is 0.324. The predicted molar refractivity (Wildman–Crippen MR) is 112 cm³/mol. The van der Waals surface area contributed by atoms with Gasteiger partial charge in [-0.1, -0.05) is 35.9 Å². The van der Waals surface area contributed by atoms with Gasteiger partial charge in [-0.25, -0.2) is 0 Å². The number of hydrogen-bond donors (Lipinski definition) is 3. The van der Waals surface area contributed by atoms with E-state index in [4.69, 9.17) is 16.3 Å². The molecular weight excluding hydrogens is 426 g/mol. The summed E-state index contributed by atoms with van der Waals surface area (Å²) in [6.07, 6.45) is -0.551. The summed E-state index contributed by atoms with van der Waals surface area (Å²) in [6, 6.07) is 12.6. The molecule has 0 atom stereocenters. The van der Waals surface area contributed by atoms with Crippen molar-refractivity contribution in [3.63, 3.8) is 0 Å². The van der Waals surface area contributed by atoms with E-state index in [1.807, 2.05) is 0 Å². The minimum Gasteiger partial charge on any atom is -0.456 e. The van der Waals surface area contributed by atoms with Crippen molar-refractivity contribution in [3.8, 4) is 0 Å². The number of carbonyl (C=O) groups is 5. The Kier molecular flexibility index (Phi) is 8.71. The average Bonchev–Trinajstić information content (AvgIpc) is 2.75. The summed E-state index contributed by atoms with van der Waals surface area (Å²) in [5.74, 6) is -2.73. The molecule has 2 aromatic carbocycles. The number of hydrogen-bond acceptors (Lipinski definition) is 6. The van der Waals surface area contributed by atoms with E-state index >= 15 is 0 Å². The van der Waals surface area contributed by atoms with Gasteiger partial charge in [0.25, 0.3) is 11.8 Å². The second-order valence-corrected chi connectivity index (χ2v) is 6.74. The van der Waals surface area contributed by atoms with Crippen LogP contribution in [-0.4, -0.2) is 36.1 Å². The van der Waals surface area contributed by atoms with Crippen molar-refractivity contribution in [1.82, 2.24) is 10.9 Å². The van der Waals surface area contributed by atoms with Gasteiger partial charge in [0.2, 0.25) is 5.91 Å². The Hall–Kier alpha value is -3.72. The number of rotatable bonds is 8. The third-order valence-electron chi connectivity index (χ3n) is 3.91. The third kappa shape index (κ3) is 7.90. The first-order chi connectivity index (χ1) is 14.8. The molecule has 2 rings (SSSR count). The first-order valence-corrected chi connectivity index (χ1v) is 9.54. The Morgan fingerprint density at radius 3 is 2.35 bits per heavy atom. The summed E-state index contributed by atoms with van der Waals surface area (Å²) in [6.45, 7) is 0.856. The molecule has 9 nitrogen and oxygen atoms in total. The normalized spacial score (nSPS) is 10.0. The maximum absolute atomic E-state index is 11.9. The van der Waals surface area contributed by atoms with Gasteiger partial charge in [0.1, 0.15) is 0 Å². The zero-order chi connectivity index (χ0) is 22.8. The molecule has 3 amide bonds. The number of esters is 1. The first-order valence-electron chi connectivity index (χ1n) is 9.16. The summed E-state index contributed by atoms with van der Waals surface area (Å²) in [5, 5.41) is 2.73. The maximum atomic E-state index is 11.9. The van der Waals surface area contributed by atoms with Crippen LogP contribution in [0.4, 0.5) is 5.69 Å². The molecule has 0 heterocycles. The number of benzene rings is 2. The lowest BCUT2D eigenvalue weighted by Crippen LogP contribution is -2.41. The van der Waals surface area contributed by atoms with Crippen LogP contribution in [0.1, 0.15) is 40.5 Å². The second-order valence-electron chi connectivity index (χ2n) is 6.33. The molecule has 31 heavy (non-hydrogen) atoms. The molecule has 0 spiro atoms. The van der Waals surface area contributed by atoms with E-state index in [1.165, 1.54) is 25.1 Å². The molecule has 3 N–H and O–H groups in total. The Morgan fingerprint density at radius 2 is 1.65 bits per heavy atom. The third-order valence-corrected chi connectivity index (χ3v) is 4.24. The molecule has 2 aromatic rings. The smallest absolute Gasteiger partial charge is 0.306 e. The van der Waals surface area contributed by atoms with Crippen LogP contribution in [0, 0.1) is 0 Å². The summed E-state index contributed by atoms with van der Waals surface area (Å²) in [5.41, 5.74) is 5.36. The number of Topliss-reactive ketones (excluding diaryl/α,β-unsaturated/α-hetero) is 1. The van der Waals surface area contributed by atoms with Gasteiger partial charge < -0.3 is 10.1 Å². The van der Waals surface area contributed by atoms with E-state index in [9.17, 15) is 24.0 Å². The molecule has 0 radical (unpaired) electrons. The molecule has 0 aromatic heterocycles. The lowest BCUT2D eigenvalue weighted by Gasteiger charge is -2.09. The van der Waals surface area contributed by atoms with Gasteiger partial charge in [0.15, 0.2) is 12.4 Å². The highest BCUT2D eigenvalue weighted by molar-refractivity contribution is 6.33. The van der Waals surface area contributed by atoms with E-state index in [-0.39, 0.29) is 29.2 Å². The van der Waals surface area contributed by atoms with Crippen molar-refractivity contribution >= 4 is 46.8 Å². The van der Waals surface area contributed by atoms with Gasteiger partial charge >= 0.3 is 5.97 Å². The molecule has 0 unspecified atom stereocenters.